The molecule has 2 rings (SSSR count). The monoisotopic (exact) mass is 277 g/mol. The van der Waals surface area contributed by atoms with Crippen LogP contribution in [-0.2, 0) is 13.6 Å². The van der Waals surface area contributed by atoms with E-state index in [0.29, 0.717) is 22.9 Å². The fraction of sp³-hybridized carbons (Fsp3) is 0.214. The lowest BCUT2D eigenvalue weighted by molar-refractivity contribution is 0.630. The second-order valence-electron chi connectivity index (χ2n) is 4.29. The number of hydrogen-bond donors (Lipinski definition) is 1. The molecule has 0 aliphatic carbocycles. The molecular weight excluding hydrogens is 265 g/mol. The Labute approximate surface area is 116 Å². The summed E-state index contributed by atoms with van der Waals surface area (Å²) in [5.74, 6) is -0.349. The summed E-state index contributed by atoms with van der Waals surface area (Å²) >= 11 is 5.83. The van der Waals surface area contributed by atoms with E-state index < -0.39 is 0 Å². The van der Waals surface area contributed by atoms with Gasteiger partial charge in [-0.05, 0) is 36.8 Å². The van der Waals surface area contributed by atoms with Crippen molar-refractivity contribution in [3.8, 4) is 6.07 Å². The van der Waals surface area contributed by atoms with Gasteiger partial charge in [-0.3, -0.25) is 0 Å². The maximum Gasteiger partial charge on any atom is 0.146 e. The molecule has 98 valence electrons. The maximum absolute atomic E-state index is 13.5. The van der Waals surface area contributed by atoms with Crippen LogP contribution < -0.4 is 5.32 Å². The van der Waals surface area contributed by atoms with Crippen molar-refractivity contribution in [1.29, 1.82) is 5.26 Å². The van der Waals surface area contributed by atoms with Crippen LogP contribution in [-0.4, -0.2) is 4.57 Å². The Bertz CT molecular complexity index is 655. The third-order valence-corrected chi connectivity index (χ3v) is 3.39. The van der Waals surface area contributed by atoms with Crippen LogP contribution in [0.4, 0.5) is 10.1 Å². The first kappa shape index (κ1) is 13.4. The molecule has 1 heterocycles. The molecule has 0 fully saturated rings. The van der Waals surface area contributed by atoms with Crippen molar-refractivity contribution in [2.75, 3.05) is 5.32 Å². The zero-order valence-corrected chi connectivity index (χ0v) is 11.4. The lowest BCUT2D eigenvalue weighted by Crippen LogP contribution is -2.03. The Hall–Kier alpha value is -1.99. The van der Waals surface area contributed by atoms with Crippen LogP contribution in [0.3, 0.4) is 0 Å². The Kier molecular flexibility index (Phi) is 3.77. The lowest BCUT2D eigenvalue weighted by Gasteiger charge is -2.08. The summed E-state index contributed by atoms with van der Waals surface area (Å²) in [6.07, 6.45) is 0. The van der Waals surface area contributed by atoms with Crippen molar-refractivity contribution in [3.63, 3.8) is 0 Å². The Morgan fingerprint density at radius 2 is 2.16 bits per heavy atom. The van der Waals surface area contributed by atoms with Crippen LogP contribution in [0.1, 0.15) is 17.0 Å². The number of aromatic nitrogens is 1. The number of nitrogens with zero attached hydrogens (tertiary/aromatic N) is 2. The van der Waals surface area contributed by atoms with Crippen molar-refractivity contribution < 1.29 is 4.39 Å². The molecule has 19 heavy (non-hydrogen) atoms. The smallest absolute Gasteiger partial charge is 0.146 e. The molecule has 0 aliphatic heterocycles. The zero-order chi connectivity index (χ0) is 14.0. The van der Waals surface area contributed by atoms with Gasteiger partial charge >= 0.3 is 0 Å². The number of benzene rings is 1. The van der Waals surface area contributed by atoms with E-state index in [0.717, 1.165) is 11.3 Å². The van der Waals surface area contributed by atoms with Crippen LogP contribution in [0, 0.1) is 24.1 Å². The molecule has 0 radical (unpaired) electrons. The molecule has 0 atom stereocenters. The molecule has 0 saturated heterocycles. The first-order valence-corrected chi connectivity index (χ1v) is 6.15. The Morgan fingerprint density at radius 3 is 2.79 bits per heavy atom. The van der Waals surface area contributed by atoms with Crippen molar-refractivity contribution in [2.45, 2.75) is 13.5 Å². The third-order valence-electron chi connectivity index (χ3n) is 3.15. The molecule has 1 aromatic carbocycles. The molecule has 0 saturated carbocycles. The highest BCUT2D eigenvalue weighted by molar-refractivity contribution is 6.30. The van der Waals surface area contributed by atoms with Crippen molar-refractivity contribution in [1.82, 2.24) is 4.57 Å². The van der Waals surface area contributed by atoms with Crippen LogP contribution in [0.5, 0.6) is 0 Å². The van der Waals surface area contributed by atoms with Crippen LogP contribution in [0.25, 0.3) is 0 Å². The average Bonchev–Trinajstić information content (AvgIpc) is 2.67. The number of anilines is 1. The summed E-state index contributed by atoms with van der Waals surface area (Å²) in [7, 11) is 1.83. The van der Waals surface area contributed by atoms with Gasteiger partial charge in [-0.25, -0.2) is 4.39 Å². The number of nitrogens with one attached hydrogen (secondary N) is 1. The molecule has 0 unspecified atom stereocenters. The SMILES string of the molecule is Cc1c(CNc2cc(Cl)ccc2F)cc(C#N)n1C. The van der Waals surface area contributed by atoms with Crippen LogP contribution >= 0.6 is 11.6 Å². The molecule has 5 heteroatoms. The Balaban J connectivity index is 2.19. The molecule has 2 aromatic rings. The van der Waals surface area contributed by atoms with Gasteiger partial charge in [0.05, 0.1) is 5.69 Å². The van der Waals surface area contributed by atoms with Gasteiger partial charge in [0.25, 0.3) is 0 Å². The van der Waals surface area contributed by atoms with Gasteiger partial charge in [0.15, 0.2) is 0 Å². The lowest BCUT2D eigenvalue weighted by atomic mass is 10.2. The van der Waals surface area contributed by atoms with E-state index >= 15 is 0 Å². The van der Waals surface area contributed by atoms with E-state index in [4.69, 9.17) is 16.9 Å². The molecule has 1 N–H and O–H groups in total. The van der Waals surface area contributed by atoms with Gasteiger partial charge in [-0.15, -0.1) is 0 Å². The molecule has 0 spiro atoms. The van der Waals surface area contributed by atoms with Gasteiger partial charge in [0.2, 0.25) is 0 Å². The summed E-state index contributed by atoms with van der Waals surface area (Å²) in [6.45, 7) is 2.37. The number of rotatable bonds is 3. The van der Waals surface area contributed by atoms with Crippen LogP contribution in [0.15, 0.2) is 24.3 Å². The second-order valence-corrected chi connectivity index (χ2v) is 4.73. The largest absolute Gasteiger partial charge is 0.378 e. The summed E-state index contributed by atoms with van der Waals surface area (Å²) in [5, 5.41) is 12.4. The molecule has 3 nitrogen and oxygen atoms in total. The molecule has 0 aliphatic rings. The molecule has 0 bridgehead atoms. The number of hydrogen-bond acceptors (Lipinski definition) is 2. The minimum atomic E-state index is -0.349. The van der Waals surface area contributed by atoms with E-state index in [9.17, 15) is 4.39 Å². The molecule has 1 aromatic heterocycles. The average molecular weight is 278 g/mol. The maximum atomic E-state index is 13.5. The highest BCUT2D eigenvalue weighted by atomic mass is 35.5. The second kappa shape index (κ2) is 5.33. The fourth-order valence-electron chi connectivity index (χ4n) is 1.87. The standard InChI is InChI=1S/C14H13ClFN3/c1-9-10(5-12(7-17)19(9)2)8-18-14-6-11(15)3-4-13(14)16/h3-6,18H,8H2,1-2H3. The summed E-state index contributed by atoms with van der Waals surface area (Å²) in [4.78, 5) is 0. The minimum absolute atomic E-state index is 0.349. The van der Waals surface area contributed by atoms with E-state index in [1.54, 1.807) is 12.1 Å². The number of nitriles is 1. The van der Waals surface area contributed by atoms with E-state index in [-0.39, 0.29) is 5.82 Å². The topological polar surface area (TPSA) is 40.8 Å². The third kappa shape index (κ3) is 2.72. The summed E-state index contributed by atoms with van der Waals surface area (Å²) in [5.41, 5.74) is 2.88. The van der Waals surface area contributed by atoms with Gasteiger partial charge in [0.1, 0.15) is 17.6 Å². The molecule has 0 amide bonds. The predicted molar refractivity (Wildman–Crippen MR) is 73.6 cm³/mol. The quantitative estimate of drug-likeness (QED) is 0.931. The van der Waals surface area contributed by atoms with Crippen LogP contribution in [0.2, 0.25) is 5.02 Å². The van der Waals surface area contributed by atoms with E-state index in [2.05, 4.69) is 11.4 Å². The van der Waals surface area contributed by atoms with E-state index in [1.807, 2.05) is 18.5 Å². The summed E-state index contributed by atoms with van der Waals surface area (Å²) < 4.78 is 15.4. The van der Waals surface area contributed by atoms with Gasteiger partial charge < -0.3 is 9.88 Å². The Morgan fingerprint density at radius 1 is 1.42 bits per heavy atom. The van der Waals surface area contributed by atoms with Crippen molar-refractivity contribution in [2.24, 2.45) is 7.05 Å². The number of halogens is 2. The van der Waals surface area contributed by atoms with Gasteiger partial charge in [-0.1, -0.05) is 11.6 Å². The minimum Gasteiger partial charge on any atom is -0.378 e. The van der Waals surface area contributed by atoms with Crippen molar-refractivity contribution in [3.05, 3.63) is 52.1 Å². The predicted octanol–water partition coefficient (Wildman–Crippen LogP) is 3.61. The highest BCUT2D eigenvalue weighted by Crippen LogP contribution is 2.21. The zero-order valence-electron chi connectivity index (χ0n) is 10.7. The molecular formula is C14H13ClFN3. The first-order chi connectivity index (χ1) is 9.02. The van der Waals surface area contributed by atoms with Crippen molar-refractivity contribution >= 4 is 17.3 Å². The highest BCUT2D eigenvalue weighted by Gasteiger charge is 2.09. The fourth-order valence-corrected chi connectivity index (χ4v) is 2.04. The van der Waals surface area contributed by atoms with E-state index in [1.165, 1.54) is 12.1 Å². The van der Waals surface area contributed by atoms with Gasteiger partial charge in [0, 0.05) is 24.3 Å². The van der Waals surface area contributed by atoms with Gasteiger partial charge in [-0.2, -0.15) is 5.26 Å². The summed E-state index contributed by atoms with van der Waals surface area (Å²) in [6, 6.07) is 8.28. The first-order valence-electron chi connectivity index (χ1n) is 5.77. The normalized spacial score (nSPS) is 10.3.